The summed E-state index contributed by atoms with van der Waals surface area (Å²) in [5, 5.41) is 2.96. The van der Waals surface area contributed by atoms with E-state index in [9.17, 15) is 9.59 Å². The van der Waals surface area contributed by atoms with Gasteiger partial charge in [0.25, 0.3) is 11.5 Å². The van der Waals surface area contributed by atoms with Crippen LogP contribution in [0.4, 0.5) is 5.69 Å². The van der Waals surface area contributed by atoms with Crippen LogP contribution in [0.1, 0.15) is 24.1 Å². The van der Waals surface area contributed by atoms with Gasteiger partial charge in [0.05, 0.1) is 55.8 Å². The van der Waals surface area contributed by atoms with E-state index in [2.05, 4.69) is 5.32 Å². The number of benzene rings is 3. The van der Waals surface area contributed by atoms with E-state index >= 15 is 0 Å². The van der Waals surface area contributed by atoms with Crippen molar-refractivity contribution in [2.45, 2.75) is 13.0 Å². The third kappa shape index (κ3) is 5.33. The number of para-hydroxylation sites is 1. The topological polar surface area (TPSA) is 100 Å². The third-order valence-corrected chi connectivity index (χ3v) is 7.72. The average Bonchev–Trinajstić information content (AvgIpc) is 3.30. The second-order valence-corrected chi connectivity index (χ2v) is 10.1. The van der Waals surface area contributed by atoms with Gasteiger partial charge in [-0.2, -0.15) is 0 Å². The van der Waals surface area contributed by atoms with Crippen molar-refractivity contribution in [3.63, 3.8) is 0 Å². The van der Waals surface area contributed by atoms with E-state index in [1.54, 1.807) is 56.1 Å². The summed E-state index contributed by atoms with van der Waals surface area (Å²) in [6, 6.07) is 19.2. The van der Waals surface area contributed by atoms with Crippen LogP contribution in [0.2, 0.25) is 0 Å². The lowest BCUT2D eigenvalue weighted by atomic mass is 9.95. The molecule has 3 aromatic carbocycles. The Morgan fingerprint density at radius 2 is 1.59 bits per heavy atom. The molecule has 1 atom stereocenters. The molecule has 1 aromatic heterocycles. The fourth-order valence-electron chi connectivity index (χ4n) is 4.76. The van der Waals surface area contributed by atoms with Gasteiger partial charge in [0, 0.05) is 17.8 Å². The van der Waals surface area contributed by atoms with Gasteiger partial charge >= 0.3 is 0 Å². The number of rotatable bonds is 8. The average molecular weight is 572 g/mol. The first kappa shape index (κ1) is 27.7. The normalized spacial score (nSPS) is 14.7. The maximum atomic E-state index is 14.1. The molecule has 5 rings (SSSR count). The summed E-state index contributed by atoms with van der Waals surface area (Å²) in [5.41, 5.74) is 2.50. The van der Waals surface area contributed by atoms with Crippen LogP contribution in [0.5, 0.6) is 23.0 Å². The largest absolute Gasteiger partial charge is 0.497 e. The number of amides is 1. The van der Waals surface area contributed by atoms with E-state index in [0.29, 0.717) is 60.4 Å². The summed E-state index contributed by atoms with van der Waals surface area (Å²) in [4.78, 5) is 33.0. The van der Waals surface area contributed by atoms with E-state index in [1.165, 1.54) is 25.6 Å². The van der Waals surface area contributed by atoms with Crippen LogP contribution in [0.25, 0.3) is 6.08 Å². The number of carbonyl (C=O) groups is 1. The highest BCUT2D eigenvalue weighted by Gasteiger charge is 2.33. The van der Waals surface area contributed by atoms with Crippen molar-refractivity contribution in [3.8, 4) is 23.0 Å². The van der Waals surface area contributed by atoms with Crippen molar-refractivity contribution in [1.82, 2.24) is 4.57 Å². The number of hydrogen-bond acceptors (Lipinski definition) is 8. The number of fused-ring (bicyclic) bond motifs is 1. The summed E-state index contributed by atoms with van der Waals surface area (Å²) in [5.74, 6) is 1.78. The molecule has 1 amide bonds. The molecular formula is C31H29N3O6S. The Morgan fingerprint density at radius 3 is 2.22 bits per heavy atom. The maximum Gasteiger partial charge on any atom is 0.271 e. The number of aromatic nitrogens is 1. The molecule has 0 saturated heterocycles. The van der Waals surface area contributed by atoms with Gasteiger partial charge in [-0.3, -0.25) is 14.2 Å². The molecule has 1 N–H and O–H groups in total. The smallest absolute Gasteiger partial charge is 0.271 e. The van der Waals surface area contributed by atoms with E-state index < -0.39 is 6.04 Å². The second-order valence-electron chi connectivity index (χ2n) is 9.12. The molecule has 9 nitrogen and oxygen atoms in total. The number of methoxy groups -OCH3 is 4. The number of allylic oxidation sites excluding steroid dienone is 1. The van der Waals surface area contributed by atoms with E-state index in [-0.39, 0.29) is 11.5 Å². The Kier molecular flexibility index (Phi) is 7.93. The van der Waals surface area contributed by atoms with Gasteiger partial charge < -0.3 is 24.3 Å². The molecule has 210 valence electrons. The van der Waals surface area contributed by atoms with Crippen LogP contribution in [-0.2, 0) is 4.79 Å². The SMILES string of the molecule is COc1cccc([C@H]2C(C(=O)Nc3ccccc3)=C(C)N=c3s/c(=C/c4c(OC)cc(OC)cc4OC)c(=O)n32)c1. The summed E-state index contributed by atoms with van der Waals surface area (Å²) >= 11 is 1.22. The Labute approximate surface area is 240 Å². The van der Waals surface area contributed by atoms with Crippen molar-refractivity contribution in [1.29, 1.82) is 0 Å². The molecule has 0 unspecified atom stereocenters. The number of anilines is 1. The highest BCUT2D eigenvalue weighted by molar-refractivity contribution is 7.07. The van der Waals surface area contributed by atoms with Crippen LogP contribution >= 0.6 is 11.3 Å². The molecule has 1 aliphatic heterocycles. The fourth-order valence-corrected chi connectivity index (χ4v) is 5.79. The molecule has 4 aromatic rings. The Bertz CT molecular complexity index is 1800. The summed E-state index contributed by atoms with van der Waals surface area (Å²) in [6.07, 6.45) is 1.71. The molecular weight excluding hydrogens is 542 g/mol. The van der Waals surface area contributed by atoms with Crippen LogP contribution in [0, 0.1) is 0 Å². The summed E-state index contributed by atoms with van der Waals surface area (Å²) in [6.45, 7) is 1.78. The molecule has 2 heterocycles. The molecule has 1 aliphatic rings. The number of nitrogens with one attached hydrogen (secondary N) is 1. The molecule has 10 heteroatoms. The molecule has 0 bridgehead atoms. The molecule has 0 fully saturated rings. The van der Waals surface area contributed by atoms with Gasteiger partial charge in [-0.25, -0.2) is 4.99 Å². The quantitative estimate of drug-likeness (QED) is 0.344. The molecule has 0 radical (unpaired) electrons. The van der Waals surface area contributed by atoms with Crippen molar-refractivity contribution >= 4 is 29.0 Å². The van der Waals surface area contributed by atoms with Crippen molar-refractivity contribution in [2.75, 3.05) is 33.8 Å². The third-order valence-electron chi connectivity index (χ3n) is 6.74. The lowest BCUT2D eigenvalue weighted by Crippen LogP contribution is -2.40. The van der Waals surface area contributed by atoms with Gasteiger partial charge in [-0.15, -0.1) is 0 Å². The van der Waals surface area contributed by atoms with E-state index in [0.717, 1.165) is 0 Å². The predicted molar refractivity (Wildman–Crippen MR) is 158 cm³/mol. The standard InChI is InChI=1S/C31H29N3O6S/c1-18-27(29(35)33-20-11-7-6-8-12-20)28(19-10-9-13-21(14-19)37-2)34-30(36)26(41-31(34)32-18)17-23-24(39-4)15-22(38-3)16-25(23)40-5/h6-17,28H,1-5H3,(H,33,35)/b26-17+/t28-/m0/s1. The van der Waals surface area contributed by atoms with E-state index in [4.69, 9.17) is 23.9 Å². The molecule has 0 saturated carbocycles. The minimum absolute atomic E-state index is 0.306. The first-order valence-electron chi connectivity index (χ1n) is 12.7. The first-order valence-corrected chi connectivity index (χ1v) is 13.5. The Morgan fingerprint density at radius 1 is 0.902 bits per heavy atom. The van der Waals surface area contributed by atoms with Crippen LogP contribution in [0.15, 0.2) is 87.8 Å². The summed E-state index contributed by atoms with van der Waals surface area (Å²) in [7, 11) is 6.20. The number of hydrogen-bond donors (Lipinski definition) is 1. The van der Waals surface area contributed by atoms with Gasteiger partial charge in [0.15, 0.2) is 4.80 Å². The lowest BCUT2D eigenvalue weighted by Gasteiger charge is -2.25. The van der Waals surface area contributed by atoms with Gasteiger partial charge in [-0.05, 0) is 42.8 Å². The fraction of sp³-hybridized carbons (Fsp3) is 0.194. The van der Waals surface area contributed by atoms with Crippen molar-refractivity contribution in [2.24, 2.45) is 4.99 Å². The predicted octanol–water partition coefficient (Wildman–Crippen LogP) is 3.91. The van der Waals surface area contributed by atoms with Crippen LogP contribution in [0.3, 0.4) is 0 Å². The number of ether oxygens (including phenoxy) is 4. The van der Waals surface area contributed by atoms with Gasteiger partial charge in [0.2, 0.25) is 0 Å². The summed E-state index contributed by atoms with van der Waals surface area (Å²) < 4.78 is 24.0. The molecule has 0 aliphatic carbocycles. The monoisotopic (exact) mass is 571 g/mol. The maximum absolute atomic E-state index is 14.1. The van der Waals surface area contributed by atoms with Gasteiger partial charge in [0.1, 0.15) is 23.0 Å². The van der Waals surface area contributed by atoms with Gasteiger partial charge in [-0.1, -0.05) is 41.7 Å². The highest BCUT2D eigenvalue weighted by Crippen LogP contribution is 2.35. The minimum atomic E-state index is -0.744. The number of thiazole rings is 1. The first-order chi connectivity index (χ1) is 19.9. The molecule has 41 heavy (non-hydrogen) atoms. The lowest BCUT2D eigenvalue weighted by molar-refractivity contribution is -0.113. The van der Waals surface area contributed by atoms with E-state index in [1.807, 2.05) is 42.5 Å². The van der Waals surface area contributed by atoms with Crippen molar-refractivity contribution in [3.05, 3.63) is 109 Å². The molecule has 0 spiro atoms. The van der Waals surface area contributed by atoms with Crippen molar-refractivity contribution < 1.29 is 23.7 Å². The zero-order chi connectivity index (χ0) is 29.1. The van der Waals surface area contributed by atoms with Crippen LogP contribution < -0.4 is 39.2 Å². The Hall–Kier alpha value is -4.83. The number of nitrogens with zero attached hydrogens (tertiary/aromatic N) is 2. The zero-order valence-corrected chi connectivity index (χ0v) is 24.1. The Balaban J connectivity index is 1.72. The number of carbonyl (C=O) groups excluding carboxylic acids is 1. The van der Waals surface area contributed by atoms with Crippen LogP contribution in [-0.4, -0.2) is 38.9 Å². The zero-order valence-electron chi connectivity index (χ0n) is 23.3. The highest BCUT2D eigenvalue weighted by atomic mass is 32.1. The second kappa shape index (κ2) is 11.7. The minimum Gasteiger partial charge on any atom is -0.497 e.